The maximum atomic E-state index is 12.3. The van der Waals surface area contributed by atoms with E-state index in [4.69, 9.17) is 0 Å². The second kappa shape index (κ2) is 5.21. The van der Waals surface area contributed by atoms with Crippen LogP contribution in [0, 0.1) is 3.57 Å². The van der Waals surface area contributed by atoms with Gasteiger partial charge in [-0.25, -0.2) is 0 Å². The van der Waals surface area contributed by atoms with Crippen molar-refractivity contribution in [3.8, 4) is 16.9 Å². The number of aromatic nitrogens is 1. The van der Waals surface area contributed by atoms with Gasteiger partial charge in [-0.2, -0.15) is 0 Å². The molecular formula is C15H9BrINO2. The second-order valence-corrected chi connectivity index (χ2v) is 6.43. The smallest absolute Gasteiger partial charge is 0.260 e. The van der Waals surface area contributed by atoms with Crippen LogP contribution in [0.15, 0.2) is 51.7 Å². The zero-order chi connectivity index (χ0) is 14.3. The number of aromatic amines is 1. The van der Waals surface area contributed by atoms with Gasteiger partial charge in [-0.15, -0.1) is 0 Å². The van der Waals surface area contributed by atoms with E-state index in [9.17, 15) is 9.90 Å². The van der Waals surface area contributed by atoms with Crippen LogP contribution in [0.2, 0.25) is 0 Å². The number of rotatable bonds is 1. The van der Waals surface area contributed by atoms with Gasteiger partial charge in [0.05, 0.1) is 11.1 Å². The maximum absolute atomic E-state index is 12.3. The van der Waals surface area contributed by atoms with E-state index < -0.39 is 0 Å². The van der Waals surface area contributed by atoms with Gasteiger partial charge >= 0.3 is 0 Å². The Labute approximate surface area is 136 Å². The molecular weight excluding hydrogens is 433 g/mol. The Morgan fingerprint density at radius 2 is 1.90 bits per heavy atom. The van der Waals surface area contributed by atoms with E-state index in [-0.39, 0.29) is 11.3 Å². The van der Waals surface area contributed by atoms with Gasteiger partial charge in [-0.1, -0.05) is 34.1 Å². The standard InChI is InChI=1S/C15H9BrINO2/c16-8-5-6-12-10(7-8)14(19)13(15(20)18-12)9-3-1-2-4-11(9)17/h1-7H,(H2,18,19,20). The Balaban J connectivity index is 2.43. The normalized spacial score (nSPS) is 10.9. The van der Waals surface area contributed by atoms with Crippen molar-refractivity contribution < 1.29 is 5.11 Å². The van der Waals surface area contributed by atoms with E-state index in [1.807, 2.05) is 30.3 Å². The number of halogens is 2. The molecule has 0 aliphatic heterocycles. The summed E-state index contributed by atoms with van der Waals surface area (Å²) in [5, 5.41) is 11.1. The van der Waals surface area contributed by atoms with Crippen molar-refractivity contribution in [2.24, 2.45) is 0 Å². The number of pyridine rings is 1. The molecule has 1 heterocycles. The first-order valence-electron chi connectivity index (χ1n) is 5.87. The molecule has 0 atom stereocenters. The van der Waals surface area contributed by atoms with Crippen LogP contribution in [0.25, 0.3) is 22.0 Å². The van der Waals surface area contributed by atoms with Crippen LogP contribution in [-0.4, -0.2) is 10.1 Å². The van der Waals surface area contributed by atoms with Crippen LogP contribution in [0.3, 0.4) is 0 Å². The fourth-order valence-electron chi connectivity index (χ4n) is 2.16. The summed E-state index contributed by atoms with van der Waals surface area (Å²) in [6, 6.07) is 12.9. The van der Waals surface area contributed by atoms with Gasteiger partial charge in [0.2, 0.25) is 0 Å². The number of nitrogens with one attached hydrogen (secondary N) is 1. The van der Waals surface area contributed by atoms with Crippen LogP contribution < -0.4 is 5.56 Å². The molecule has 2 aromatic carbocycles. The van der Waals surface area contributed by atoms with Crippen molar-refractivity contribution in [1.82, 2.24) is 4.98 Å². The maximum Gasteiger partial charge on any atom is 0.260 e. The first kappa shape index (κ1) is 13.6. The molecule has 0 fully saturated rings. The van der Waals surface area contributed by atoms with Crippen molar-refractivity contribution in [3.05, 3.63) is 60.9 Å². The molecule has 1 aromatic heterocycles. The predicted molar refractivity (Wildman–Crippen MR) is 92.1 cm³/mol. The molecule has 0 bridgehead atoms. The Hall–Kier alpha value is -1.34. The van der Waals surface area contributed by atoms with Crippen molar-refractivity contribution >= 4 is 49.4 Å². The zero-order valence-electron chi connectivity index (χ0n) is 10.2. The van der Waals surface area contributed by atoms with Crippen LogP contribution in [-0.2, 0) is 0 Å². The van der Waals surface area contributed by atoms with E-state index in [0.29, 0.717) is 16.5 Å². The van der Waals surface area contributed by atoms with E-state index >= 15 is 0 Å². The summed E-state index contributed by atoms with van der Waals surface area (Å²) in [6.07, 6.45) is 0. The summed E-state index contributed by atoms with van der Waals surface area (Å²) in [5.41, 5.74) is 1.36. The average molecular weight is 442 g/mol. The van der Waals surface area contributed by atoms with Gasteiger partial charge in [0.1, 0.15) is 5.75 Å². The summed E-state index contributed by atoms with van der Waals surface area (Å²) in [7, 11) is 0. The second-order valence-electron chi connectivity index (χ2n) is 4.35. The van der Waals surface area contributed by atoms with E-state index in [0.717, 1.165) is 13.6 Å². The Morgan fingerprint density at radius 3 is 2.65 bits per heavy atom. The lowest BCUT2D eigenvalue weighted by molar-refractivity contribution is 0.482. The van der Waals surface area contributed by atoms with Crippen molar-refractivity contribution in [3.63, 3.8) is 0 Å². The average Bonchev–Trinajstić information content (AvgIpc) is 2.42. The predicted octanol–water partition coefficient (Wildman–Crippen LogP) is 4.27. The third kappa shape index (κ3) is 2.25. The quantitative estimate of drug-likeness (QED) is 0.554. The minimum absolute atomic E-state index is 0.00849. The molecule has 3 aromatic rings. The summed E-state index contributed by atoms with van der Waals surface area (Å²) in [6.45, 7) is 0. The van der Waals surface area contributed by atoms with Gasteiger partial charge in [-0.3, -0.25) is 4.79 Å². The van der Waals surface area contributed by atoms with Crippen molar-refractivity contribution in [1.29, 1.82) is 0 Å². The first-order chi connectivity index (χ1) is 9.58. The molecule has 0 saturated carbocycles. The number of benzene rings is 2. The molecule has 5 heteroatoms. The minimum atomic E-state index is -0.290. The highest BCUT2D eigenvalue weighted by atomic mass is 127. The largest absolute Gasteiger partial charge is 0.506 e. The molecule has 0 aliphatic rings. The number of hydrogen-bond donors (Lipinski definition) is 2. The number of fused-ring (bicyclic) bond motifs is 1. The summed E-state index contributed by atoms with van der Waals surface area (Å²) in [5.74, 6) is 0.00849. The lowest BCUT2D eigenvalue weighted by Gasteiger charge is -2.09. The molecule has 100 valence electrons. The van der Waals surface area contributed by atoms with Gasteiger partial charge in [0, 0.05) is 19.0 Å². The van der Waals surface area contributed by atoms with Crippen LogP contribution in [0.5, 0.6) is 5.75 Å². The van der Waals surface area contributed by atoms with Gasteiger partial charge in [-0.05, 0) is 46.9 Å². The molecule has 0 spiro atoms. The van der Waals surface area contributed by atoms with E-state index in [2.05, 4.69) is 43.5 Å². The summed E-state index contributed by atoms with van der Waals surface area (Å²) >= 11 is 5.53. The monoisotopic (exact) mass is 441 g/mol. The van der Waals surface area contributed by atoms with Gasteiger partial charge in [0.15, 0.2) is 0 Å². The number of hydrogen-bond acceptors (Lipinski definition) is 2. The molecule has 0 amide bonds. The fraction of sp³-hybridized carbons (Fsp3) is 0. The molecule has 0 radical (unpaired) electrons. The zero-order valence-corrected chi connectivity index (χ0v) is 13.9. The molecule has 3 nitrogen and oxygen atoms in total. The Morgan fingerprint density at radius 1 is 1.15 bits per heavy atom. The molecule has 20 heavy (non-hydrogen) atoms. The number of H-pyrrole nitrogens is 1. The molecule has 0 aliphatic carbocycles. The number of aromatic hydroxyl groups is 1. The molecule has 3 rings (SSSR count). The van der Waals surface area contributed by atoms with E-state index in [1.165, 1.54) is 0 Å². The Kier molecular flexibility index (Phi) is 3.55. The van der Waals surface area contributed by atoms with Crippen LogP contribution in [0.4, 0.5) is 0 Å². The van der Waals surface area contributed by atoms with Crippen molar-refractivity contribution in [2.75, 3.05) is 0 Å². The Bertz CT molecular complexity index is 873. The fourth-order valence-corrected chi connectivity index (χ4v) is 3.18. The first-order valence-corrected chi connectivity index (χ1v) is 7.74. The SMILES string of the molecule is O=c1[nH]c2ccc(Br)cc2c(O)c1-c1ccccc1I. The molecule has 2 N–H and O–H groups in total. The topological polar surface area (TPSA) is 53.1 Å². The molecule has 0 saturated heterocycles. The summed E-state index contributed by atoms with van der Waals surface area (Å²) < 4.78 is 1.77. The highest BCUT2D eigenvalue weighted by molar-refractivity contribution is 14.1. The minimum Gasteiger partial charge on any atom is -0.506 e. The third-order valence-electron chi connectivity index (χ3n) is 3.09. The van der Waals surface area contributed by atoms with Gasteiger partial charge in [0.25, 0.3) is 5.56 Å². The van der Waals surface area contributed by atoms with Crippen LogP contribution >= 0.6 is 38.5 Å². The van der Waals surface area contributed by atoms with Crippen molar-refractivity contribution in [2.45, 2.75) is 0 Å². The lowest BCUT2D eigenvalue weighted by atomic mass is 10.0. The van der Waals surface area contributed by atoms with E-state index in [1.54, 1.807) is 12.1 Å². The highest BCUT2D eigenvalue weighted by Crippen LogP contribution is 2.35. The summed E-state index contributed by atoms with van der Waals surface area (Å²) in [4.78, 5) is 15.1. The van der Waals surface area contributed by atoms with Crippen LogP contribution in [0.1, 0.15) is 0 Å². The molecule has 0 unspecified atom stereocenters. The lowest BCUT2D eigenvalue weighted by Crippen LogP contribution is -2.10. The third-order valence-corrected chi connectivity index (χ3v) is 4.53. The highest BCUT2D eigenvalue weighted by Gasteiger charge is 2.15. The van der Waals surface area contributed by atoms with Gasteiger partial charge < -0.3 is 10.1 Å².